The van der Waals surface area contributed by atoms with E-state index in [1.807, 2.05) is 11.3 Å². The van der Waals surface area contributed by atoms with Gasteiger partial charge in [-0.15, -0.1) is 11.3 Å². The second-order valence-corrected chi connectivity index (χ2v) is 4.97. The van der Waals surface area contributed by atoms with Gasteiger partial charge in [0.2, 0.25) is 0 Å². The van der Waals surface area contributed by atoms with Crippen LogP contribution in [0.25, 0.3) is 0 Å². The predicted molar refractivity (Wildman–Crippen MR) is 62.9 cm³/mol. The topological polar surface area (TPSA) is 12.0 Å². The van der Waals surface area contributed by atoms with Crippen molar-refractivity contribution in [3.8, 4) is 0 Å². The first-order valence-electron chi connectivity index (χ1n) is 5.71. The standard InChI is InChI=1S/C12H19NS/c1-2-10-7-9-14-12(10)11-6-4-3-5-8-13-11/h7,9,11,13H,2-6,8H2,1H3. The summed E-state index contributed by atoms with van der Waals surface area (Å²) in [4.78, 5) is 1.59. The van der Waals surface area contributed by atoms with E-state index in [1.165, 1.54) is 38.6 Å². The Balaban J connectivity index is 2.11. The number of hydrogen-bond acceptors (Lipinski definition) is 2. The molecule has 14 heavy (non-hydrogen) atoms. The quantitative estimate of drug-likeness (QED) is 0.786. The molecular formula is C12H19NS. The SMILES string of the molecule is CCc1ccsc1C1CCCCCN1. The van der Waals surface area contributed by atoms with Crippen molar-refractivity contribution in [1.82, 2.24) is 5.32 Å². The van der Waals surface area contributed by atoms with Crippen LogP contribution in [0.3, 0.4) is 0 Å². The van der Waals surface area contributed by atoms with Crippen molar-refractivity contribution in [3.63, 3.8) is 0 Å². The van der Waals surface area contributed by atoms with Gasteiger partial charge in [0.15, 0.2) is 0 Å². The monoisotopic (exact) mass is 209 g/mol. The van der Waals surface area contributed by atoms with Crippen molar-refractivity contribution in [3.05, 3.63) is 21.9 Å². The van der Waals surface area contributed by atoms with Crippen molar-refractivity contribution in [2.24, 2.45) is 0 Å². The molecule has 78 valence electrons. The minimum absolute atomic E-state index is 0.646. The number of nitrogens with one attached hydrogen (secondary N) is 1. The van der Waals surface area contributed by atoms with E-state index in [0.29, 0.717) is 6.04 Å². The van der Waals surface area contributed by atoms with Gasteiger partial charge < -0.3 is 5.32 Å². The predicted octanol–water partition coefficient (Wildman–Crippen LogP) is 3.52. The summed E-state index contributed by atoms with van der Waals surface area (Å²) in [5, 5.41) is 5.91. The van der Waals surface area contributed by atoms with Gasteiger partial charge in [-0.1, -0.05) is 19.8 Å². The number of aryl methyl sites for hydroxylation is 1. The number of rotatable bonds is 2. The van der Waals surface area contributed by atoms with Crippen LogP contribution in [0.5, 0.6) is 0 Å². The van der Waals surface area contributed by atoms with E-state index in [0.717, 1.165) is 0 Å². The van der Waals surface area contributed by atoms with Gasteiger partial charge in [0.1, 0.15) is 0 Å². The molecule has 0 radical (unpaired) electrons. The maximum Gasteiger partial charge on any atom is 0.0417 e. The Morgan fingerprint density at radius 2 is 2.36 bits per heavy atom. The molecule has 1 fully saturated rings. The molecule has 2 rings (SSSR count). The molecule has 1 N–H and O–H groups in total. The smallest absolute Gasteiger partial charge is 0.0417 e. The van der Waals surface area contributed by atoms with Crippen LogP contribution in [0.15, 0.2) is 11.4 Å². The van der Waals surface area contributed by atoms with Gasteiger partial charge in [-0.25, -0.2) is 0 Å². The van der Waals surface area contributed by atoms with E-state index in [4.69, 9.17) is 0 Å². The summed E-state index contributed by atoms with van der Waals surface area (Å²) < 4.78 is 0. The van der Waals surface area contributed by atoms with Gasteiger partial charge in [0.05, 0.1) is 0 Å². The second kappa shape index (κ2) is 4.94. The molecule has 1 aliphatic rings. The molecular weight excluding hydrogens is 190 g/mol. The largest absolute Gasteiger partial charge is 0.309 e. The summed E-state index contributed by atoms with van der Waals surface area (Å²) in [5.74, 6) is 0. The number of hydrogen-bond donors (Lipinski definition) is 1. The van der Waals surface area contributed by atoms with Crippen molar-refractivity contribution in [1.29, 1.82) is 0 Å². The fourth-order valence-corrected chi connectivity index (χ4v) is 3.31. The lowest BCUT2D eigenvalue weighted by Gasteiger charge is -2.15. The lowest BCUT2D eigenvalue weighted by atomic mass is 10.1. The van der Waals surface area contributed by atoms with Crippen molar-refractivity contribution in [2.75, 3.05) is 6.54 Å². The molecule has 1 aliphatic heterocycles. The van der Waals surface area contributed by atoms with Crippen molar-refractivity contribution >= 4 is 11.3 Å². The number of thiophene rings is 1. The van der Waals surface area contributed by atoms with Crippen LogP contribution in [0.2, 0.25) is 0 Å². The minimum atomic E-state index is 0.646. The zero-order valence-electron chi connectivity index (χ0n) is 8.88. The first kappa shape index (κ1) is 10.2. The summed E-state index contributed by atoms with van der Waals surface area (Å²) in [6, 6.07) is 2.93. The van der Waals surface area contributed by atoms with Crippen LogP contribution in [0, 0.1) is 0 Å². The normalized spacial score (nSPS) is 23.4. The molecule has 0 saturated carbocycles. The summed E-state index contributed by atoms with van der Waals surface area (Å²) in [5.41, 5.74) is 1.55. The lowest BCUT2D eigenvalue weighted by Crippen LogP contribution is -2.20. The Kier molecular flexibility index (Phi) is 3.60. The Morgan fingerprint density at radius 3 is 3.21 bits per heavy atom. The molecule has 2 heterocycles. The lowest BCUT2D eigenvalue weighted by molar-refractivity contribution is 0.540. The summed E-state index contributed by atoms with van der Waals surface area (Å²) in [6.45, 7) is 3.45. The van der Waals surface area contributed by atoms with Crippen LogP contribution in [0.4, 0.5) is 0 Å². The van der Waals surface area contributed by atoms with E-state index in [2.05, 4.69) is 23.7 Å². The summed E-state index contributed by atoms with van der Waals surface area (Å²) >= 11 is 1.93. The third-order valence-corrected chi connectivity index (χ3v) is 4.11. The molecule has 1 saturated heterocycles. The Morgan fingerprint density at radius 1 is 1.43 bits per heavy atom. The van der Waals surface area contributed by atoms with Crippen LogP contribution < -0.4 is 5.32 Å². The van der Waals surface area contributed by atoms with E-state index in [1.54, 1.807) is 10.4 Å². The molecule has 1 atom stereocenters. The average molecular weight is 209 g/mol. The minimum Gasteiger partial charge on any atom is -0.309 e. The molecule has 2 heteroatoms. The van der Waals surface area contributed by atoms with E-state index in [-0.39, 0.29) is 0 Å². The average Bonchev–Trinajstić information content (AvgIpc) is 2.52. The third-order valence-electron chi connectivity index (χ3n) is 3.04. The molecule has 1 aromatic heterocycles. The molecule has 0 aliphatic carbocycles. The van der Waals surface area contributed by atoms with Gasteiger partial charge in [0, 0.05) is 10.9 Å². The van der Waals surface area contributed by atoms with Crippen LogP contribution in [0.1, 0.15) is 49.1 Å². The molecule has 0 amide bonds. The van der Waals surface area contributed by atoms with Gasteiger partial charge in [-0.3, -0.25) is 0 Å². The highest BCUT2D eigenvalue weighted by Gasteiger charge is 2.16. The van der Waals surface area contributed by atoms with Gasteiger partial charge in [0.25, 0.3) is 0 Å². The summed E-state index contributed by atoms with van der Waals surface area (Å²) in [7, 11) is 0. The Labute approximate surface area is 90.5 Å². The first-order chi connectivity index (χ1) is 6.92. The fraction of sp³-hybridized carbons (Fsp3) is 0.667. The van der Waals surface area contributed by atoms with Crippen LogP contribution in [-0.2, 0) is 6.42 Å². The van der Waals surface area contributed by atoms with Crippen molar-refractivity contribution in [2.45, 2.75) is 45.1 Å². The molecule has 1 nitrogen and oxygen atoms in total. The zero-order chi connectivity index (χ0) is 9.80. The first-order valence-corrected chi connectivity index (χ1v) is 6.59. The Bertz CT molecular complexity index is 272. The van der Waals surface area contributed by atoms with Gasteiger partial charge in [-0.2, -0.15) is 0 Å². The third kappa shape index (κ3) is 2.18. The van der Waals surface area contributed by atoms with Crippen LogP contribution in [-0.4, -0.2) is 6.54 Å². The maximum atomic E-state index is 3.67. The molecule has 1 unspecified atom stereocenters. The zero-order valence-corrected chi connectivity index (χ0v) is 9.70. The maximum absolute atomic E-state index is 3.67. The van der Waals surface area contributed by atoms with Gasteiger partial charge >= 0.3 is 0 Å². The van der Waals surface area contributed by atoms with Crippen LogP contribution >= 0.6 is 11.3 Å². The van der Waals surface area contributed by atoms with Gasteiger partial charge in [-0.05, 0) is 42.8 Å². The highest BCUT2D eigenvalue weighted by molar-refractivity contribution is 7.10. The highest BCUT2D eigenvalue weighted by Crippen LogP contribution is 2.30. The summed E-state index contributed by atoms with van der Waals surface area (Å²) in [6.07, 6.45) is 6.64. The molecule has 0 spiro atoms. The van der Waals surface area contributed by atoms with E-state index >= 15 is 0 Å². The van der Waals surface area contributed by atoms with E-state index in [9.17, 15) is 0 Å². The molecule has 0 bridgehead atoms. The van der Waals surface area contributed by atoms with Crippen molar-refractivity contribution < 1.29 is 0 Å². The van der Waals surface area contributed by atoms with E-state index < -0.39 is 0 Å². The fourth-order valence-electron chi connectivity index (χ4n) is 2.20. The second-order valence-electron chi connectivity index (χ2n) is 4.02. The Hall–Kier alpha value is -0.340. The molecule has 0 aromatic carbocycles. The molecule has 1 aromatic rings. The highest BCUT2D eigenvalue weighted by atomic mass is 32.1.